The fourth-order valence-corrected chi connectivity index (χ4v) is 2.44. The summed E-state index contributed by atoms with van der Waals surface area (Å²) in [5, 5.41) is 11.5. The third-order valence-corrected chi connectivity index (χ3v) is 3.78. The summed E-state index contributed by atoms with van der Waals surface area (Å²) in [5.74, 6) is -1.64. The minimum atomic E-state index is -0.834. The summed E-state index contributed by atoms with van der Waals surface area (Å²) < 4.78 is 1.54. The highest BCUT2D eigenvalue weighted by Crippen LogP contribution is 2.27. The maximum atomic E-state index is 12.1. The van der Waals surface area contributed by atoms with Gasteiger partial charge in [0, 0.05) is 18.3 Å². The number of aromatic nitrogens is 1. The number of hydrogen-bond acceptors (Lipinski definition) is 3. The van der Waals surface area contributed by atoms with Crippen molar-refractivity contribution in [2.75, 3.05) is 0 Å². The summed E-state index contributed by atoms with van der Waals surface area (Å²) in [6.45, 7) is 4.17. The fraction of sp³-hybridized carbons (Fsp3) is 0.500. The molecule has 0 unspecified atom stereocenters. The van der Waals surface area contributed by atoms with Gasteiger partial charge in [-0.2, -0.15) is 0 Å². The molecule has 1 fully saturated rings. The van der Waals surface area contributed by atoms with E-state index in [2.05, 4.69) is 5.32 Å². The molecule has 1 aromatic rings. The molecule has 1 saturated carbocycles. The summed E-state index contributed by atoms with van der Waals surface area (Å²) in [7, 11) is 0. The highest BCUT2D eigenvalue weighted by atomic mass is 16.4. The molecule has 0 radical (unpaired) electrons. The first-order valence-electron chi connectivity index (χ1n) is 6.68. The smallest absolute Gasteiger partial charge is 0.306 e. The van der Waals surface area contributed by atoms with Crippen LogP contribution in [0.2, 0.25) is 0 Å². The van der Waals surface area contributed by atoms with Crippen LogP contribution in [0.5, 0.6) is 0 Å². The van der Waals surface area contributed by atoms with Crippen LogP contribution in [0.15, 0.2) is 16.9 Å². The molecule has 0 aromatic carbocycles. The van der Waals surface area contributed by atoms with Gasteiger partial charge < -0.3 is 15.0 Å². The van der Waals surface area contributed by atoms with Gasteiger partial charge in [0.2, 0.25) is 0 Å². The van der Waals surface area contributed by atoms with Crippen molar-refractivity contribution in [2.24, 2.45) is 5.92 Å². The molecule has 6 nitrogen and oxygen atoms in total. The van der Waals surface area contributed by atoms with Crippen LogP contribution in [0.4, 0.5) is 0 Å². The zero-order valence-electron chi connectivity index (χ0n) is 11.5. The molecule has 1 amide bonds. The molecule has 0 atom stereocenters. The zero-order chi connectivity index (χ0) is 14.9. The van der Waals surface area contributed by atoms with Crippen LogP contribution in [-0.2, 0) is 11.3 Å². The van der Waals surface area contributed by atoms with E-state index >= 15 is 0 Å². The van der Waals surface area contributed by atoms with Gasteiger partial charge in [-0.15, -0.1) is 0 Å². The molecule has 0 spiro atoms. The molecule has 108 valence electrons. The number of hydrogen-bond donors (Lipinski definition) is 2. The van der Waals surface area contributed by atoms with Crippen molar-refractivity contribution < 1.29 is 14.7 Å². The molecule has 2 rings (SSSR count). The number of nitrogens with zero attached hydrogens (tertiary/aromatic N) is 1. The summed E-state index contributed by atoms with van der Waals surface area (Å²) in [6.07, 6.45) is 0.851. The Labute approximate surface area is 116 Å². The second-order valence-electron chi connectivity index (χ2n) is 5.11. The summed E-state index contributed by atoms with van der Waals surface area (Å²) in [4.78, 5) is 34.9. The number of carboxylic acid groups (broad SMARTS) is 1. The lowest BCUT2D eigenvalue weighted by Gasteiger charge is -2.32. The van der Waals surface area contributed by atoms with Gasteiger partial charge in [0.15, 0.2) is 0 Å². The van der Waals surface area contributed by atoms with E-state index in [4.69, 9.17) is 5.11 Å². The lowest BCUT2D eigenvalue weighted by molar-refractivity contribution is -0.145. The Balaban J connectivity index is 2.08. The standard InChI is InChI=1S/C14H18N2O4/c1-3-16-8(2)4-5-11(13(16)18)12(17)15-10-6-9(7-10)14(19)20/h4-5,9-10H,3,6-7H2,1-2H3,(H,15,17)(H,19,20). The van der Waals surface area contributed by atoms with Crippen molar-refractivity contribution in [3.05, 3.63) is 33.7 Å². The minimum absolute atomic E-state index is 0.108. The van der Waals surface area contributed by atoms with Crippen LogP contribution in [0.25, 0.3) is 0 Å². The molecule has 2 N–H and O–H groups in total. The Hall–Kier alpha value is -2.11. The SMILES string of the molecule is CCn1c(C)ccc(C(=O)NC2CC(C(=O)O)C2)c1=O. The Morgan fingerprint density at radius 1 is 1.40 bits per heavy atom. The van der Waals surface area contributed by atoms with E-state index < -0.39 is 11.9 Å². The van der Waals surface area contributed by atoms with Crippen LogP contribution >= 0.6 is 0 Å². The Kier molecular flexibility index (Phi) is 3.92. The summed E-state index contributed by atoms with van der Waals surface area (Å²) in [6, 6.07) is 3.10. The number of rotatable bonds is 4. The quantitative estimate of drug-likeness (QED) is 0.851. The van der Waals surface area contributed by atoms with Crippen LogP contribution in [-0.4, -0.2) is 27.6 Å². The first-order chi connectivity index (χ1) is 9.43. The molecule has 0 aliphatic heterocycles. The van der Waals surface area contributed by atoms with Gasteiger partial charge >= 0.3 is 5.97 Å². The van der Waals surface area contributed by atoms with E-state index in [1.807, 2.05) is 13.8 Å². The van der Waals surface area contributed by atoms with Crippen LogP contribution in [0, 0.1) is 12.8 Å². The molecule has 1 aromatic heterocycles. The van der Waals surface area contributed by atoms with Crippen molar-refractivity contribution in [2.45, 2.75) is 39.3 Å². The van der Waals surface area contributed by atoms with Gasteiger partial charge in [-0.05, 0) is 38.8 Å². The third kappa shape index (κ3) is 2.59. The zero-order valence-corrected chi connectivity index (χ0v) is 11.5. The van der Waals surface area contributed by atoms with E-state index in [-0.39, 0.29) is 23.1 Å². The summed E-state index contributed by atoms with van der Waals surface area (Å²) >= 11 is 0. The van der Waals surface area contributed by atoms with Crippen LogP contribution in [0.3, 0.4) is 0 Å². The molecule has 1 aliphatic carbocycles. The highest BCUT2D eigenvalue weighted by Gasteiger charge is 2.35. The minimum Gasteiger partial charge on any atom is -0.481 e. The first kappa shape index (κ1) is 14.3. The second-order valence-corrected chi connectivity index (χ2v) is 5.11. The predicted molar refractivity (Wildman–Crippen MR) is 72.7 cm³/mol. The van der Waals surface area contributed by atoms with Crippen molar-refractivity contribution in [1.29, 1.82) is 0 Å². The molecular weight excluding hydrogens is 260 g/mol. The van der Waals surface area contributed by atoms with Crippen molar-refractivity contribution in [3.8, 4) is 0 Å². The Bertz CT molecular complexity index is 600. The highest BCUT2D eigenvalue weighted by molar-refractivity contribution is 5.94. The third-order valence-electron chi connectivity index (χ3n) is 3.78. The fourth-order valence-electron chi connectivity index (χ4n) is 2.44. The number of carbonyl (C=O) groups excluding carboxylic acids is 1. The number of carbonyl (C=O) groups is 2. The van der Waals surface area contributed by atoms with E-state index in [9.17, 15) is 14.4 Å². The number of aliphatic carboxylic acids is 1. The van der Waals surface area contributed by atoms with Gasteiger partial charge in [-0.1, -0.05) is 0 Å². The van der Waals surface area contributed by atoms with Crippen LogP contribution < -0.4 is 10.9 Å². The molecule has 6 heteroatoms. The van der Waals surface area contributed by atoms with Crippen LogP contribution in [0.1, 0.15) is 35.8 Å². The lowest BCUT2D eigenvalue weighted by Crippen LogP contribution is -2.48. The Morgan fingerprint density at radius 2 is 2.05 bits per heavy atom. The van der Waals surface area contributed by atoms with E-state index in [0.29, 0.717) is 19.4 Å². The van der Waals surface area contributed by atoms with E-state index in [1.165, 1.54) is 10.6 Å². The van der Waals surface area contributed by atoms with Gasteiger partial charge in [0.05, 0.1) is 5.92 Å². The normalized spacial score (nSPS) is 21.1. The Morgan fingerprint density at radius 3 is 2.60 bits per heavy atom. The lowest BCUT2D eigenvalue weighted by atomic mass is 9.80. The molecule has 0 bridgehead atoms. The van der Waals surface area contributed by atoms with Crippen molar-refractivity contribution in [1.82, 2.24) is 9.88 Å². The van der Waals surface area contributed by atoms with Crippen molar-refractivity contribution in [3.63, 3.8) is 0 Å². The number of amides is 1. The molecular formula is C14H18N2O4. The van der Waals surface area contributed by atoms with Crippen molar-refractivity contribution >= 4 is 11.9 Å². The summed E-state index contributed by atoms with van der Waals surface area (Å²) in [5.41, 5.74) is 0.610. The maximum absolute atomic E-state index is 12.1. The number of aryl methyl sites for hydroxylation is 1. The number of carboxylic acids is 1. The van der Waals surface area contributed by atoms with Gasteiger partial charge in [0.25, 0.3) is 11.5 Å². The van der Waals surface area contributed by atoms with E-state index in [0.717, 1.165) is 5.69 Å². The molecule has 1 aliphatic rings. The van der Waals surface area contributed by atoms with E-state index in [1.54, 1.807) is 6.07 Å². The molecule has 20 heavy (non-hydrogen) atoms. The average Bonchev–Trinajstić information content (AvgIpc) is 2.33. The maximum Gasteiger partial charge on any atom is 0.306 e. The largest absolute Gasteiger partial charge is 0.481 e. The van der Waals surface area contributed by atoms with Gasteiger partial charge in [-0.25, -0.2) is 0 Å². The first-order valence-corrected chi connectivity index (χ1v) is 6.68. The second kappa shape index (κ2) is 5.48. The number of nitrogens with one attached hydrogen (secondary N) is 1. The predicted octanol–water partition coefficient (Wildman–Crippen LogP) is 0.770. The topological polar surface area (TPSA) is 88.4 Å². The average molecular weight is 278 g/mol. The molecule has 1 heterocycles. The number of pyridine rings is 1. The monoisotopic (exact) mass is 278 g/mol. The molecule has 0 saturated heterocycles. The van der Waals surface area contributed by atoms with Gasteiger partial charge in [0.1, 0.15) is 5.56 Å². The van der Waals surface area contributed by atoms with Gasteiger partial charge in [-0.3, -0.25) is 14.4 Å².